The van der Waals surface area contributed by atoms with Gasteiger partial charge in [0.2, 0.25) is 0 Å². The number of rotatable bonds is 3. The lowest BCUT2D eigenvalue weighted by atomic mass is 10.1. The summed E-state index contributed by atoms with van der Waals surface area (Å²) in [4.78, 5) is 15.0. The molecule has 1 aromatic heterocycles. The van der Waals surface area contributed by atoms with E-state index >= 15 is 0 Å². The molecule has 0 aliphatic carbocycles. The number of amides is 1. The molecule has 1 amide bonds. The molecule has 0 spiro atoms. The van der Waals surface area contributed by atoms with Gasteiger partial charge in [0, 0.05) is 37.9 Å². The molecule has 132 valence electrons. The maximum Gasteiger partial charge on any atom is 0.255 e. The van der Waals surface area contributed by atoms with E-state index < -0.39 is 0 Å². The van der Waals surface area contributed by atoms with Crippen LogP contribution in [0.1, 0.15) is 34.1 Å². The molecule has 0 saturated carbocycles. The highest BCUT2D eigenvalue weighted by Crippen LogP contribution is 2.30. The van der Waals surface area contributed by atoms with Crippen molar-refractivity contribution < 1.29 is 9.53 Å². The maximum atomic E-state index is 12.5. The molecule has 1 N–H and O–H groups in total. The fourth-order valence-corrected chi connectivity index (χ4v) is 3.83. The molecule has 6 heteroatoms. The first-order valence-electron chi connectivity index (χ1n) is 8.82. The van der Waals surface area contributed by atoms with Crippen molar-refractivity contribution in [2.45, 2.75) is 31.5 Å². The monoisotopic (exact) mass is 340 g/mol. The molecule has 3 heterocycles. The number of carbonyl (C=O) groups is 1. The largest absolute Gasteiger partial charge is 0.371 e. The Morgan fingerprint density at radius 2 is 2.08 bits per heavy atom. The summed E-state index contributed by atoms with van der Waals surface area (Å²) >= 11 is 0. The Hall–Kier alpha value is -2.18. The summed E-state index contributed by atoms with van der Waals surface area (Å²) in [6.45, 7) is 4.39. The third-order valence-electron chi connectivity index (χ3n) is 5.40. The maximum absolute atomic E-state index is 12.5. The van der Waals surface area contributed by atoms with Crippen LogP contribution >= 0.6 is 0 Å². The van der Waals surface area contributed by atoms with Gasteiger partial charge in [0.15, 0.2) is 0 Å². The third kappa shape index (κ3) is 3.19. The third-order valence-corrected chi connectivity index (χ3v) is 5.40. The van der Waals surface area contributed by atoms with Crippen LogP contribution in [0.2, 0.25) is 0 Å². The van der Waals surface area contributed by atoms with Gasteiger partial charge in [-0.1, -0.05) is 30.3 Å². The number of fused-ring (bicyclic) bond motifs is 1. The van der Waals surface area contributed by atoms with Gasteiger partial charge in [-0.2, -0.15) is 5.10 Å². The summed E-state index contributed by atoms with van der Waals surface area (Å²) in [7, 11) is 1.85. The van der Waals surface area contributed by atoms with Gasteiger partial charge in [0.05, 0.1) is 24.5 Å². The van der Waals surface area contributed by atoms with E-state index in [1.165, 1.54) is 5.56 Å². The molecule has 0 bridgehead atoms. The number of aromatic nitrogens is 2. The average molecular weight is 340 g/mol. The zero-order chi connectivity index (χ0) is 17.4. The number of ether oxygens (including phenoxy) is 1. The first-order valence-corrected chi connectivity index (χ1v) is 8.82. The van der Waals surface area contributed by atoms with Crippen LogP contribution in [0.4, 0.5) is 0 Å². The van der Waals surface area contributed by atoms with Crippen molar-refractivity contribution in [3.8, 4) is 0 Å². The number of hydrogen-bond donors (Lipinski definition) is 1. The molecule has 1 aromatic carbocycles. The molecule has 4 rings (SSSR count). The summed E-state index contributed by atoms with van der Waals surface area (Å²) in [5, 5.41) is 7.32. The Morgan fingerprint density at radius 3 is 2.80 bits per heavy atom. The molecule has 2 fully saturated rings. The highest BCUT2D eigenvalue weighted by atomic mass is 16.5. The molecule has 2 saturated heterocycles. The van der Waals surface area contributed by atoms with Crippen molar-refractivity contribution >= 4 is 5.91 Å². The van der Waals surface area contributed by atoms with E-state index in [-0.39, 0.29) is 18.1 Å². The van der Waals surface area contributed by atoms with Crippen molar-refractivity contribution in [1.29, 1.82) is 0 Å². The van der Waals surface area contributed by atoms with Crippen molar-refractivity contribution in [2.75, 3.05) is 19.7 Å². The zero-order valence-electron chi connectivity index (χ0n) is 14.7. The minimum absolute atomic E-state index is 0.0315. The van der Waals surface area contributed by atoms with Crippen LogP contribution in [0.3, 0.4) is 0 Å². The Morgan fingerprint density at radius 1 is 1.28 bits per heavy atom. The van der Waals surface area contributed by atoms with Gasteiger partial charge < -0.3 is 10.1 Å². The summed E-state index contributed by atoms with van der Waals surface area (Å²) in [5.74, 6) is -0.0315. The highest BCUT2D eigenvalue weighted by molar-refractivity contribution is 5.95. The molecule has 0 unspecified atom stereocenters. The summed E-state index contributed by atoms with van der Waals surface area (Å²) in [6.07, 6.45) is 2.70. The van der Waals surface area contributed by atoms with E-state index in [4.69, 9.17) is 4.74 Å². The number of morpholine rings is 1. The van der Waals surface area contributed by atoms with Gasteiger partial charge in [0.1, 0.15) is 0 Å². The van der Waals surface area contributed by atoms with Crippen molar-refractivity contribution in [3.63, 3.8) is 0 Å². The minimum Gasteiger partial charge on any atom is -0.371 e. The van der Waals surface area contributed by atoms with Gasteiger partial charge in [-0.15, -0.1) is 0 Å². The number of aryl methyl sites for hydroxylation is 1. The highest BCUT2D eigenvalue weighted by Gasteiger charge is 2.38. The number of benzene rings is 1. The molecule has 2 aliphatic heterocycles. The molecule has 2 aliphatic rings. The lowest BCUT2D eigenvalue weighted by Crippen LogP contribution is -2.43. The van der Waals surface area contributed by atoms with E-state index in [1.54, 1.807) is 10.9 Å². The van der Waals surface area contributed by atoms with Gasteiger partial charge in [-0.05, 0) is 18.9 Å². The fourth-order valence-electron chi connectivity index (χ4n) is 3.83. The van der Waals surface area contributed by atoms with Gasteiger partial charge in [-0.25, -0.2) is 0 Å². The minimum atomic E-state index is -0.0315. The lowest BCUT2D eigenvalue weighted by Gasteiger charge is -2.35. The van der Waals surface area contributed by atoms with Crippen LogP contribution in [-0.2, 0) is 11.8 Å². The first kappa shape index (κ1) is 16.3. The second kappa shape index (κ2) is 6.61. The number of nitrogens with zero attached hydrogens (tertiary/aromatic N) is 3. The molecule has 25 heavy (non-hydrogen) atoms. The van der Waals surface area contributed by atoms with Crippen LogP contribution in [0.5, 0.6) is 0 Å². The summed E-state index contributed by atoms with van der Waals surface area (Å²) in [5.41, 5.74) is 2.77. The first-order chi connectivity index (χ1) is 12.1. The Kier molecular flexibility index (Phi) is 4.31. The predicted molar refractivity (Wildman–Crippen MR) is 94.3 cm³/mol. The van der Waals surface area contributed by atoms with E-state index in [0.29, 0.717) is 11.6 Å². The van der Waals surface area contributed by atoms with Crippen molar-refractivity contribution in [1.82, 2.24) is 20.0 Å². The van der Waals surface area contributed by atoms with Gasteiger partial charge >= 0.3 is 0 Å². The topological polar surface area (TPSA) is 59.4 Å². The standard InChI is InChI=1S/C19H24N4O2/c1-13-17(9-20-22(13)2)19(24)21-15-8-16-12-25-18(11-23(16)10-15)14-6-4-3-5-7-14/h3-7,9,15-16,18H,8,10-12H2,1-2H3,(H,21,24)/t15-,16+,18-/m1/s1. The predicted octanol–water partition coefficient (Wildman–Crippen LogP) is 1.67. The SMILES string of the molecule is Cc1c(C(=O)N[C@@H]2C[C@H]3CO[C@@H](c4ccccc4)CN3C2)cnn1C. The Balaban J connectivity index is 1.38. The van der Waals surface area contributed by atoms with Crippen LogP contribution in [0, 0.1) is 6.92 Å². The number of carbonyl (C=O) groups excluding carboxylic acids is 1. The Bertz CT molecular complexity index is 758. The van der Waals surface area contributed by atoms with Crippen LogP contribution in [0.15, 0.2) is 36.5 Å². The smallest absolute Gasteiger partial charge is 0.255 e. The zero-order valence-corrected chi connectivity index (χ0v) is 14.7. The van der Waals surface area contributed by atoms with E-state index in [9.17, 15) is 4.79 Å². The van der Waals surface area contributed by atoms with Crippen molar-refractivity contribution in [2.24, 2.45) is 7.05 Å². The van der Waals surface area contributed by atoms with E-state index in [2.05, 4.69) is 27.4 Å². The Labute approximate surface area is 147 Å². The van der Waals surface area contributed by atoms with Crippen LogP contribution in [0.25, 0.3) is 0 Å². The number of hydrogen-bond acceptors (Lipinski definition) is 4. The molecule has 0 radical (unpaired) electrons. The van der Waals surface area contributed by atoms with Gasteiger partial charge in [0.25, 0.3) is 5.91 Å². The van der Waals surface area contributed by atoms with Gasteiger partial charge in [-0.3, -0.25) is 14.4 Å². The molecular formula is C19H24N4O2. The summed E-state index contributed by atoms with van der Waals surface area (Å²) < 4.78 is 7.80. The molecular weight excluding hydrogens is 316 g/mol. The second-order valence-corrected chi connectivity index (χ2v) is 7.01. The molecule has 6 nitrogen and oxygen atoms in total. The van der Waals surface area contributed by atoms with E-state index in [1.807, 2.05) is 32.2 Å². The quantitative estimate of drug-likeness (QED) is 0.923. The number of nitrogens with one attached hydrogen (secondary N) is 1. The second-order valence-electron chi connectivity index (χ2n) is 7.01. The average Bonchev–Trinajstić information content (AvgIpc) is 3.18. The molecule has 2 aromatic rings. The molecule has 3 atom stereocenters. The van der Waals surface area contributed by atoms with Crippen molar-refractivity contribution in [3.05, 3.63) is 53.3 Å². The normalized spacial score (nSPS) is 26.4. The van der Waals surface area contributed by atoms with Crippen LogP contribution in [-0.4, -0.2) is 52.4 Å². The van der Waals surface area contributed by atoms with Crippen LogP contribution < -0.4 is 5.32 Å². The lowest BCUT2D eigenvalue weighted by molar-refractivity contribution is -0.0502. The van der Waals surface area contributed by atoms with E-state index in [0.717, 1.165) is 31.8 Å². The summed E-state index contributed by atoms with van der Waals surface area (Å²) in [6, 6.07) is 10.9. The fraction of sp³-hybridized carbons (Fsp3) is 0.474.